The van der Waals surface area contributed by atoms with Gasteiger partial charge in [-0.2, -0.15) is 0 Å². The van der Waals surface area contributed by atoms with Crippen LogP contribution >= 0.6 is 0 Å². The van der Waals surface area contributed by atoms with Crippen molar-refractivity contribution in [3.8, 4) is 5.75 Å². The van der Waals surface area contributed by atoms with Crippen LogP contribution in [0.4, 0.5) is 11.4 Å². The van der Waals surface area contributed by atoms with Crippen LogP contribution in [0.1, 0.15) is 6.42 Å². The maximum absolute atomic E-state index is 12.0. The van der Waals surface area contributed by atoms with E-state index in [4.69, 9.17) is 14.6 Å². The van der Waals surface area contributed by atoms with Crippen LogP contribution in [-0.4, -0.2) is 55.3 Å². The quantitative estimate of drug-likeness (QED) is 0.320. The Balaban J connectivity index is 2.79. The number of methoxy groups -OCH3 is 2. The van der Waals surface area contributed by atoms with Gasteiger partial charge in [0.25, 0.3) is 5.69 Å². The van der Waals surface area contributed by atoms with E-state index in [1.54, 1.807) is 0 Å². The number of benzene rings is 1. The third kappa shape index (κ3) is 5.82. The van der Waals surface area contributed by atoms with Gasteiger partial charge in [-0.15, -0.1) is 0 Å². The van der Waals surface area contributed by atoms with Crippen molar-refractivity contribution in [2.75, 3.05) is 32.7 Å². The summed E-state index contributed by atoms with van der Waals surface area (Å²) in [4.78, 5) is 33.4. The lowest BCUT2D eigenvalue weighted by molar-refractivity contribution is -0.384. The first-order valence-corrected chi connectivity index (χ1v) is 6.96. The Hall–Kier alpha value is -2.72. The van der Waals surface area contributed by atoms with E-state index in [1.165, 1.54) is 26.4 Å². The molecule has 1 unspecified atom stereocenters. The van der Waals surface area contributed by atoms with Crippen LogP contribution in [0.2, 0.25) is 0 Å². The van der Waals surface area contributed by atoms with Crippen LogP contribution in [0.15, 0.2) is 18.2 Å². The number of non-ortho nitro benzene ring substituents is 1. The minimum atomic E-state index is -1.19. The lowest BCUT2D eigenvalue weighted by Gasteiger charge is -2.15. The number of nitrogens with zero attached hydrogens (tertiary/aromatic N) is 1. The minimum absolute atomic E-state index is 0.0951. The SMILES string of the molecule is COCCNC(CC(=O)Nc1cc([N+](=O)[O-])ccc1OC)C(=O)O. The molecule has 0 radical (unpaired) electrons. The number of amides is 1. The summed E-state index contributed by atoms with van der Waals surface area (Å²) < 4.78 is 9.83. The standard InChI is InChI=1S/C14H19N3O7/c1-23-6-5-15-11(14(19)20)8-13(18)16-10-7-9(17(21)22)3-4-12(10)24-2/h3-4,7,11,15H,5-6,8H2,1-2H3,(H,16,18)(H,19,20). The molecule has 0 aliphatic rings. The highest BCUT2D eigenvalue weighted by Crippen LogP contribution is 2.28. The summed E-state index contributed by atoms with van der Waals surface area (Å²) in [5.74, 6) is -1.58. The Morgan fingerprint density at radius 3 is 2.62 bits per heavy atom. The lowest BCUT2D eigenvalue weighted by atomic mass is 10.2. The topological polar surface area (TPSA) is 140 Å². The highest BCUT2D eigenvalue weighted by atomic mass is 16.6. The molecule has 0 aliphatic heterocycles. The van der Waals surface area contributed by atoms with Gasteiger partial charge in [-0.05, 0) is 6.07 Å². The summed E-state index contributed by atoms with van der Waals surface area (Å²) in [6.07, 6.45) is -0.356. The van der Waals surface area contributed by atoms with Gasteiger partial charge in [0.15, 0.2) is 0 Å². The predicted octanol–water partition coefficient (Wildman–Crippen LogP) is 0.621. The van der Waals surface area contributed by atoms with E-state index in [1.807, 2.05) is 0 Å². The Morgan fingerprint density at radius 1 is 1.38 bits per heavy atom. The molecule has 0 fully saturated rings. The molecular weight excluding hydrogens is 322 g/mol. The van der Waals surface area contributed by atoms with Crippen LogP contribution in [0, 0.1) is 10.1 Å². The molecule has 0 saturated heterocycles. The normalized spacial score (nSPS) is 11.6. The third-order valence-electron chi connectivity index (χ3n) is 3.05. The molecule has 10 nitrogen and oxygen atoms in total. The number of ether oxygens (including phenoxy) is 2. The van der Waals surface area contributed by atoms with Crippen molar-refractivity contribution in [3.63, 3.8) is 0 Å². The van der Waals surface area contributed by atoms with Crippen LogP contribution in [0.3, 0.4) is 0 Å². The van der Waals surface area contributed by atoms with Crippen molar-refractivity contribution in [2.24, 2.45) is 0 Å². The lowest BCUT2D eigenvalue weighted by Crippen LogP contribution is -2.41. The first-order valence-electron chi connectivity index (χ1n) is 6.96. The second-order valence-corrected chi connectivity index (χ2v) is 4.73. The fourth-order valence-corrected chi connectivity index (χ4v) is 1.88. The number of carboxylic acids is 1. The maximum Gasteiger partial charge on any atom is 0.321 e. The van der Waals surface area contributed by atoms with E-state index >= 15 is 0 Å². The molecule has 1 aromatic rings. The molecule has 1 rings (SSSR count). The second-order valence-electron chi connectivity index (χ2n) is 4.73. The van der Waals surface area contributed by atoms with Gasteiger partial charge in [0.05, 0.1) is 30.7 Å². The smallest absolute Gasteiger partial charge is 0.321 e. The van der Waals surface area contributed by atoms with Gasteiger partial charge in [-0.3, -0.25) is 19.7 Å². The number of nitro groups is 1. The number of hydrogen-bond donors (Lipinski definition) is 3. The number of hydrogen-bond acceptors (Lipinski definition) is 7. The van der Waals surface area contributed by atoms with Gasteiger partial charge in [0.1, 0.15) is 11.8 Å². The predicted molar refractivity (Wildman–Crippen MR) is 84.2 cm³/mol. The average Bonchev–Trinajstić information content (AvgIpc) is 2.53. The van der Waals surface area contributed by atoms with Crippen molar-refractivity contribution in [2.45, 2.75) is 12.5 Å². The maximum atomic E-state index is 12.0. The van der Waals surface area contributed by atoms with Crippen molar-refractivity contribution in [1.82, 2.24) is 5.32 Å². The van der Waals surface area contributed by atoms with Gasteiger partial charge in [0, 0.05) is 25.8 Å². The Bertz CT molecular complexity index is 606. The Kier molecular flexibility index (Phi) is 7.59. The molecule has 3 N–H and O–H groups in total. The van der Waals surface area contributed by atoms with E-state index in [-0.39, 0.29) is 30.1 Å². The van der Waals surface area contributed by atoms with Crippen LogP contribution in [0.25, 0.3) is 0 Å². The van der Waals surface area contributed by atoms with Gasteiger partial charge in [-0.1, -0.05) is 0 Å². The van der Waals surface area contributed by atoms with Crippen molar-refractivity contribution in [3.05, 3.63) is 28.3 Å². The summed E-state index contributed by atoms with van der Waals surface area (Å²) in [6.45, 7) is 0.560. The van der Waals surface area contributed by atoms with E-state index in [0.29, 0.717) is 6.61 Å². The first-order chi connectivity index (χ1) is 11.4. The summed E-state index contributed by atoms with van der Waals surface area (Å²) in [5, 5.41) is 25.0. The van der Waals surface area contributed by atoms with Crippen molar-refractivity contribution < 1.29 is 29.1 Å². The molecule has 0 bridgehead atoms. The Morgan fingerprint density at radius 2 is 2.08 bits per heavy atom. The van der Waals surface area contributed by atoms with E-state index < -0.39 is 22.8 Å². The van der Waals surface area contributed by atoms with Gasteiger partial charge >= 0.3 is 5.97 Å². The van der Waals surface area contributed by atoms with Crippen molar-refractivity contribution >= 4 is 23.3 Å². The molecule has 132 valence electrons. The van der Waals surface area contributed by atoms with Gasteiger partial charge < -0.3 is 25.2 Å². The highest BCUT2D eigenvalue weighted by molar-refractivity contribution is 5.95. The summed E-state index contributed by atoms with van der Waals surface area (Å²) in [6, 6.07) is 2.62. The van der Waals surface area contributed by atoms with E-state index in [9.17, 15) is 19.7 Å². The molecule has 1 atom stereocenters. The second kappa shape index (κ2) is 9.43. The number of rotatable bonds is 10. The number of carboxylic acid groups (broad SMARTS) is 1. The van der Waals surface area contributed by atoms with Crippen LogP contribution in [0.5, 0.6) is 5.75 Å². The summed E-state index contributed by atoms with van der Waals surface area (Å²) in [7, 11) is 2.82. The molecular formula is C14H19N3O7. The van der Waals surface area contributed by atoms with Crippen LogP contribution in [-0.2, 0) is 14.3 Å². The first kappa shape index (κ1) is 19.3. The zero-order valence-corrected chi connectivity index (χ0v) is 13.3. The molecule has 0 aliphatic carbocycles. The van der Waals surface area contributed by atoms with Gasteiger partial charge in [0.2, 0.25) is 5.91 Å². The zero-order chi connectivity index (χ0) is 18.1. The number of nitrogens with one attached hydrogen (secondary N) is 2. The number of aliphatic carboxylic acids is 1. The van der Waals surface area contributed by atoms with Gasteiger partial charge in [-0.25, -0.2) is 0 Å². The fraction of sp³-hybridized carbons (Fsp3) is 0.429. The summed E-state index contributed by atoms with van der Waals surface area (Å²) in [5.41, 5.74) is -0.128. The fourth-order valence-electron chi connectivity index (χ4n) is 1.88. The van der Waals surface area contributed by atoms with Crippen LogP contribution < -0.4 is 15.4 Å². The van der Waals surface area contributed by atoms with Crippen molar-refractivity contribution in [1.29, 1.82) is 0 Å². The molecule has 0 heterocycles. The monoisotopic (exact) mass is 341 g/mol. The number of carbonyl (C=O) groups excluding carboxylic acids is 1. The molecule has 0 spiro atoms. The zero-order valence-electron chi connectivity index (χ0n) is 13.3. The highest BCUT2D eigenvalue weighted by Gasteiger charge is 2.22. The number of nitro benzene ring substituents is 1. The molecule has 24 heavy (non-hydrogen) atoms. The molecule has 10 heteroatoms. The molecule has 0 saturated carbocycles. The molecule has 0 aromatic heterocycles. The molecule has 1 amide bonds. The number of carbonyl (C=O) groups is 2. The number of anilines is 1. The minimum Gasteiger partial charge on any atom is -0.495 e. The average molecular weight is 341 g/mol. The van der Waals surface area contributed by atoms with E-state index in [2.05, 4.69) is 10.6 Å². The largest absolute Gasteiger partial charge is 0.495 e. The summed E-state index contributed by atoms with van der Waals surface area (Å²) >= 11 is 0. The molecule has 1 aromatic carbocycles. The third-order valence-corrected chi connectivity index (χ3v) is 3.05. The Labute approximate surface area is 137 Å². The van der Waals surface area contributed by atoms with E-state index in [0.717, 1.165) is 6.07 Å².